The number of aromatic nitrogens is 2. The van der Waals surface area contributed by atoms with Crippen LogP contribution in [-0.2, 0) is 16.8 Å². The molecular weight excluding hydrogens is 382 g/mol. The number of fused-ring (bicyclic) bond motifs is 1. The Bertz CT molecular complexity index is 1010. The first-order chi connectivity index (χ1) is 13.5. The van der Waals surface area contributed by atoms with Gasteiger partial charge in [-0.2, -0.15) is 17.0 Å². The number of hydrogen-bond donors (Lipinski definition) is 1. The van der Waals surface area contributed by atoms with Gasteiger partial charge in [0.15, 0.2) is 0 Å². The molecule has 0 radical (unpaired) electrons. The molecule has 152 valence electrons. The summed E-state index contributed by atoms with van der Waals surface area (Å²) in [5.74, 6) is 0. The van der Waals surface area contributed by atoms with Crippen LogP contribution in [-0.4, -0.2) is 77.6 Å². The first kappa shape index (κ1) is 19.3. The van der Waals surface area contributed by atoms with Crippen molar-refractivity contribution in [2.24, 2.45) is 0 Å². The van der Waals surface area contributed by atoms with Gasteiger partial charge in [-0.05, 0) is 31.0 Å². The predicted molar refractivity (Wildman–Crippen MR) is 107 cm³/mol. The zero-order valence-corrected chi connectivity index (χ0v) is 16.5. The van der Waals surface area contributed by atoms with Crippen molar-refractivity contribution >= 4 is 26.8 Å². The molecule has 0 saturated carbocycles. The number of hydrogen-bond acceptors (Lipinski definition) is 6. The summed E-state index contributed by atoms with van der Waals surface area (Å²) in [5.41, 5.74) is 1.36. The fraction of sp³-hybridized carbons (Fsp3) is 0.556. The van der Waals surface area contributed by atoms with Crippen molar-refractivity contribution in [3.63, 3.8) is 0 Å². The van der Waals surface area contributed by atoms with Gasteiger partial charge in [-0.15, -0.1) is 0 Å². The van der Waals surface area contributed by atoms with Crippen LogP contribution in [0, 0.1) is 0 Å². The minimum Gasteiger partial charge on any atom is -0.395 e. The van der Waals surface area contributed by atoms with E-state index in [4.69, 9.17) is 5.11 Å². The van der Waals surface area contributed by atoms with Crippen molar-refractivity contribution in [3.8, 4) is 0 Å². The number of benzene rings is 1. The SMILES string of the molecule is O=c1c2ccc(N3CCN(S(=O)(=O)N4CCCC4)CC3)cc2ncn1CCO. The molecule has 0 aliphatic carbocycles. The van der Waals surface area contributed by atoms with Gasteiger partial charge in [-0.3, -0.25) is 9.36 Å². The van der Waals surface area contributed by atoms with Gasteiger partial charge in [0.25, 0.3) is 15.8 Å². The topological polar surface area (TPSA) is 99.0 Å². The number of anilines is 1. The molecule has 2 aliphatic rings. The molecular formula is C18H25N5O4S. The average molecular weight is 407 g/mol. The molecule has 10 heteroatoms. The molecule has 0 unspecified atom stereocenters. The van der Waals surface area contributed by atoms with Gasteiger partial charge in [0, 0.05) is 45.0 Å². The minimum absolute atomic E-state index is 0.115. The molecule has 2 aromatic rings. The summed E-state index contributed by atoms with van der Waals surface area (Å²) in [6.45, 7) is 3.43. The van der Waals surface area contributed by atoms with Crippen LogP contribution in [0.1, 0.15) is 12.8 Å². The molecule has 4 rings (SSSR count). The summed E-state index contributed by atoms with van der Waals surface area (Å²) in [6.07, 6.45) is 3.32. The minimum atomic E-state index is -3.35. The Morgan fingerprint density at radius 3 is 2.36 bits per heavy atom. The maximum Gasteiger partial charge on any atom is 0.282 e. The first-order valence-electron chi connectivity index (χ1n) is 9.61. The molecule has 3 heterocycles. The van der Waals surface area contributed by atoms with Crippen molar-refractivity contribution in [1.29, 1.82) is 0 Å². The molecule has 2 aliphatic heterocycles. The molecule has 0 atom stereocenters. The maximum atomic E-state index is 12.7. The van der Waals surface area contributed by atoms with Gasteiger partial charge in [0.1, 0.15) is 0 Å². The van der Waals surface area contributed by atoms with Crippen molar-refractivity contribution in [3.05, 3.63) is 34.9 Å². The Morgan fingerprint density at radius 2 is 1.68 bits per heavy atom. The van der Waals surface area contributed by atoms with Crippen LogP contribution in [0.25, 0.3) is 10.9 Å². The molecule has 2 saturated heterocycles. The molecule has 1 aromatic heterocycles. The van der Waals surface area contributed by atoms with Crippen LogP contribution >= 0.6 is 0 Å². The predicted octanol–water partition coefficient (Wildman–Crippen LogP) is -0.149. The number of rotatable bonds is 5. The Balaban J connectivity index is 1.49. The van der Waals surface area contributed by atoms with E-state index in [2.05, 4.69) is 9.88 Å². The molecule has 1 N–H and O–H groups in total. The van der Waals surface area contributed by atoms with Crippen LogP contribution < -0.4 is 10.5 Å². The highest BCUT2D eigenvalue weighted by Gasteiger charge is 2.33. The highest BCUT2D eigenvalue weighted by atomic mass is 32.2. The summed E-state index contributed by atoms with van der Waals surface area (Å²) in [5, 5.41) is 9.54. The smallest absolute Gasteiger partial charge is 0.282 e. The van der Waals surface area contributed by atoms with E-state index in [0.29, 0.717) is 50.2 Å². The fourth-order valence-electron chi connectivity index (χ4n) is 3.87. The zero-order valence-electron chi connectivity index (χ0n) is 15.7. The largest absolute Gasteiger partial charge is 0.395 e. The van der Waals surface area contributed by atoms with E-state index in [9.17, 15) is 13.2 Å². The van der Waals surface area contributed by atoms with E-state index >= 15 is 0 Å². The van der Waals surface area contributed by atoms with Gasteiger partial charge >= 0.3 is 0 Å². The van der Waals surface area contributed by atoms with Crippen LogP contribution in [0.2, 0.25) is 0 Å². The molecule has 0 spiro atoms. The highest BCUT2D eigenvalue weighted by Crippen LogP contribution is 2.23. The van der Waals surface area contributed by atoms with Gasteiger partial charge in [0.2, 0.25) is 0 Å². The maximum absolute atomic E-state index is 12.7. The van der Waals surface area contributed by atoms with Gasteiger partial charge in [-0.25, -0.2) is 4.98 Å². The van der Waals surface area contributed by atoms with Crippen molar-refractivity contribution < 1.29 is 13.5 Å². The Hall–Kier alpha value is -2.01. The summed E-state index contributed by atoms with van der Waals surface area (Å²) in [6, 6.07) is 5.49. The number of nitrogens with zero attached hydrogens (tertiary/aromatic N) is 5. The molecule has 9 nitrogen and oxygen atoms in total. The lowest BCUT2D eigenvalue weighted by molar-refractivity contribution is 0.274. The zero-order chi connectivity index (χ0) is 19.7. The molecule has 2 fully saturated rings. The summed E-state index contributed by atoms with van der Waals surface area (Å²) < 4.78 is 29.9. The highest BCUT2D eigenvalue weighted by molar-refractivity contribution is 7.86. The van der Waals surface area contributed by atoms with Gasteiger partial charge in [0.05, 0.1) is 30.4 Å². The molecule has 0 bridgehead atoms. The molecule has 0 amide bonds. The summed E-state index contributed by atoms with van der Waals surface area (Å²) in [7, 11) is -3.35. The lowest BCUT2D eigenvalue weighted by Crippen LogP contribution is -2.52. The van der Waals surface area contributed by atoms with Crippen molar-refractivity contribution in [2.75, 3.05) is 50.8 Å². The van der Waals surface area contributed by atoms with Crippen LogP contribution in [0.15, 0.2) is 29.3 Å². The standard InChI is InChI=1S/C18H25N5O4S/c24-12-11-21-14-19-17-13-15(3-4-16(17)18(21)25)20-7-9-23(10-8-20)28(26,27)22-5-1-2-6-22/h3-4,13-14,24H,1-2,5-12H2. The summed E-state index contributed by atoms with van der Waals surface area (Å²) >= 11 is 0. The third kappa shape index (κ3) is 3.52. The molecule has 1 aromatic carbocycles. The monoisotopic (exact) mass is 407 g/mol. The first-order valence-corrected chi connectivity index (χ1v) is 11.0. The Kier molecular flexibility index (Phi) is 5.37. The van der Waals surface area contributed by atoms with E-state index in [1.54, 1.807) is 14.7 Å². The van der Waals surface area contributed by atoms with E-state index < -0.39 is 10.2 Å². The molecule has 28 heavy (non-hydrogen) atoms. The van der Waals surface area contributed by atoms with Crippen molar-refractivity contribution in [2.45, 2.75) is 19.4 Å². The fourth-order valence-corrected chi connectivity index (χ4v) is 5.54. The Labute approximate surface area is 164 Å². The van der Waals surface area contributed by atoms with Crippen LogP contribution in [0.3, 0.4) is 0 Å². The van der Waals surface area contributed by atoms with E-state index in [-0.39, 0.29) is 18.7 Å². The van der Waals surface area contributed by atoms with Crippen LogP contribution in [0.4, 0.5) is 5.69 Å². The third-order valence-corrected chi connectivity index (χ3v) is 7.51. The van der Waals surface area contributed by atoms with E-state index in [0.717, 1.165) is 18.5 Å². The lowest BCUT2D eigenvalue weighted by Gasteiger charge is -2.37. The number of aliphatic hydroxyl groups excluding tert-OH is 1. The van der Waals surface area contributed by atoms with Crippen LogP contribution in [0.5, 0.6) is 0 Å². The lowest BCUT2D eigenvalue weighted by atomic mass is 10.2. The van der Waals surface area contributed by atoms with Gasteiger partial charge in [-0.1, -0.05) is 0 Å². The summed E-state index contributed by atoms with van der Waals surface area (Å²) in [4.78, 5) is 18.9. The Morgan fingerprint density at radius 1 is 1.00 bits per heavy atom. The second-order valence-corrected chi connectivity index (χ2v) is 9.10. The van der Waals surface area contributed by atoms with E-state index in [1.165, 1.54) is 10.9 Å². The quantitative estimate of drug-likeness (QED) is 0.740. The van der Waals surface area contributed by atoms with E-state index in [1.807, 2.05) is 12.1 Å². The normalized spacial score (nSPS) is 19.5. The van der Waals surface area contributed by atoms with Crippen molar-refractivity contribution in [1.82, 2.24) is 18.2 Å². The average Bonchev–Trinajstić information content (AvgIpc) is 3.26. The van der Waals surface area contributed by atoms with Gasteiger partial charge < -0.3 is 10.0 Å². The number of aliphatic hydroxyl groups is 1. The third-order valence-electron chi connectivity index (χ3n) is 5.47. The second kappa shape index (κ2) is 7.78. The number of piperazine rings is 1. The second-order valence-electron chi connectivity index (χ2n) is 7.17.